The Labute approximate surface area is 208 Å². The van der Waals surface area contributed by atoms with Gasteiger partial charge in [0.15, 0.2) is 0 Å². The molecule has 1 saturated carbocycles. The van der Waals surface area contributed by atoms with Gasteiger partial charge in [-0.25, -0.2) is 14.4 Å². The molecule has 212 valence electrons. The zero-order valence-electron chi connectivity index (χ0n) is 20.3. The molecule has 2 amide bonds. The molecule has 11 nitrogen and oxygen atoms in total. The van der Waals surface area contributed by atoms with E-state index in [1.165, 1.54) is 32.1 Å². The number of aromatic nitrogens is 3. The fraction of sp³-hybridized carbons (Fsp3) is 0.750. The minimum Gasteiger partial charge on any atom is -0.475 e. The van der Waals surface area contributed by atoms with Crippen molar-refractivity contribution in [3.63, 3.8) is 0 Å². The molecule has 1 aliphatic heterocycles. The fourth-order valence-corrected chi connectivity index (χ4v) is 3.64. The summed E-state index contributed by atoms with van der Waals surface area (Å²) in [5, 5.41) is 21.3. The van der Waals surface area contributed by atoms with Crippen LogP contribution in [0.1, 0.15) is 44.3 Å². The number of urea groups is 1. The number of aliphatic carboxylic acids is 2. The van der Waals surface area contributed by atoms with Crippen molar-refractivity contribution in [2.45, 2.75) is 63.8 Å². The van der Waals surface area contributed by atoms with Crippen LogP contribution in [0.3, 0.4) is 0 Å². The second-order valence-corrected chi connectivity index (χ2v) is 8.31. The minimum atomic E-state index is -5.08. The summed E-state index contributed by atoms with van der Waals surface area (Å²) >= 11 is 0. The number of alkyl halides is 6. The van der Waals surface area contributed by atoms with E-state index in [0.29, 0.717) is 5.95 Å². The maximum absolute atomic E-state index is 12.4. The maximum atomic E-state index is 12.4. The van der Waals surface area contributed by atoms with Crippen molar-refractivity contribution in [2.75, 3.05) is 31.5 Å². The number of hydrogen-bond donors (Lipinski definition) is 3. The van der Waals surface area contributed by atoms with Gasteiger partial charge in [-0.05, 0) is 26.2 Å². The van der Waals surface area contributed by atoms with Gasteiger partial charge in [0.25, 0.3) is 0 Å². The van der Waals surface area contributed by atoms with Crippen LogP contribution in [0.5, 0.6) is 0 Å². The third kappa shape index (κ3) is 11.7. The summed E-state index contributed by atoms with van der Waals surface area (Å²) in [5.41, 5.74) is 0. The molecular formula is C20H30F6N6O5. The zero-order chi connectivity index (χ0) is 28.4. The van der Waals surface area contributed by atoms with Gasteiger partial charge in [0.2, 0.25) is 5.95 Å². The molecule has 1 saturated heterocycles. The van der Waals surface area contributed by atoms with E-state index < -0.39 is 24.3 Å². The number of carboxylic acids is 2. The van der Waals surface area contributed by atoms with Crippen LogP contribution in [-0.2, 0) is 16.6 Å². The van der Waals surface area contributed by atoms with Crippen LogP contribution < -0.4 is 5.32 Å². The van der Waals surface area contributed by atoms with Crippen molar-refractivity contribution in [1.82, 2.24) is 24.6 Å². The van der Waals surface area contributed by atoms with Crippen LogP contribution in [0.15, 0.2) is 0 Å². The second-order valence-electron chi connectivity index (χ2n) is 8.31. The standard InChI is InChI=1S/C16H28N6O.2C2HF3O2/c1-13-17-15(19-20(13)2)18-16(23)22-10-6-9-21(11-12-22)14-7-4-3-5-8-14;2*3-2(4,5)1(6)7/h14H,3-12H2,1-2H3,(H,18,19,23);2*(H,6,7). The lowest BCUT2D eigenvalue weighted by Gasteiger charge is -2.33. The van der Waals surface area contributed by atoms with Gasteiger partial charge < -0.3 is 15.1 Å². The second kappa shape index (κ2) is 14.0. The summed E-state index contributed by atoms with van der Waals surface area (Å²) in [5.74, 6) is -4.33. The molecule has 1 aliphatic carbocycles. The highest BCUT2D eigenvalue weighted by molar-refractivity contribution is 5.87. The molecule has 0 aromatic carbocycles. The van der Waals surface area contributed by atoms with Crippen molar-refractivity contribution < 1.29 is 50.9 Å². The first-order chi connectivity index (χ1) is 17.0. The largest absolute Gasteiger partial charge is 0.490 e. The van der Waals surface area contributed by atoms with E-state index in [4.69, 9.17) is 19.8 Å². The van der Waals surface area contributed by atoms with Gasteiger partial charge in [-0.15, -0.1) is 5.10 Å². The van der Waals surface area contributed by atoms with E-state index in [-0.39, 0.29) is 6.03 Å². The van der Waals surface area contributed by atoms with Gasteiger partial charge in [0, 0.05) is 39.3 Å². The first-order valence-electron chi connectivity index (χ1n) is 11.3. The molecule has 2 heterocycles. The van der Waals surface area contributed by atoms with E-state index in [0.717, 1.165) is 44.5 Å². The Morgan fingerprint density at radius 3 is 1.81 bits per heavy atom. The summed E-state index contributed by atoms with van der Waals surface area (Å²) in [6.07, 6.45) is -2.38. The van der Waals surface area contributed by atoms with E-state index in [1.807, 2.05) is 18.9 Å². The van der Waals surface area contributed by atoms with Crippen molar-refractivity contribution in [3.05, 3.63) is 5.82 Å². The number of anilines is 1. The summed E-state index contributed by atoms with van der Waals surface area (Å²) in [6, 6.07) is 0.646. The number of hydrogen-bond acceptors (Lipinski definition) is 6. The highest BCUT2D eigenvalue weighted by atomic mass is 19.4. The zero-order valence-corrected chi connectivity index (χ0v) is 20.3. The number of amides is 2. The van der Waals surface area contributed by atoms with Gasteiger partial charge in [-0.1, -0.05) is 19.3 Å². The third-order valence-corrected chi connectivity index (χ3v) is 5.59. The van der Waals surface area contributed by atoms with Crippen LogP contribution >= 0.6 is 0 Å². The fourth-order valence-electron chi connectivity index (χ4n) is 3.64. The number of rotatable bonds is 2. The molecule has 2 aliphatic rings. The predicted molar refractivity (Wildman–Crippen MR) is 117 cm³/mol. The number of carbonyl (C=O) groups excluding carboxylic acids is 1. The maximum Gasteiger partial charge on any atom is 0.490 e. The Morgan fingerprint density at radius 1 is 0.865 bits per heavy atom. The van der Waals surface area contributed by atoms with Crippen molar-refractivity contribution in [3.8, 4) is 0 Å². The number of halogens is 6. The number of carbonyl (C=O) groups is 3. The molecule has 0 unspecified atom stereocenters. The highest BCUT2D eigenvalue weighted by Gasteiger charge is 2.38. The molecule has 2 fully saturated rings. The number of carboxylic acid groups (broad SMARTS) is 2. The monoisotopic (exact) mass is 548 g/mol. The minimum absolute atomic E-state index is 0.0823. The van der Waals surface area contributed by atoms with Crippen LogP contribution in [0, 0.1) is 6.92 Å². The number of nitrogens with one attached hydrogen (secondary N) is 1. The normalized spacial score (nSPS) is 17.5. The molecule has 37 heavy (non-hydrogen) atoms. The van der Waals surface area contributed by atoms with Gasteiger partial charge in [-0.3, -0.25) is 14.9 Å². The first kappa shape index (κ1) is 31.9. The Morgan fingerprint density at radius 2 is 1.38 bits per heavy atom. The first-order valence-corrected chi connectivity index (χ1v) is 11.3. The van der Waals surface area contributed by atoms with E-state index in [9.17, 15) is 31.1 Å². The van der Waals surface area contributed by atoms with E-state index in [2.05, 4.69) is 20.3 Å². The summed E-state index contributed by atoms with van der Waals surface area (Å²) in [7, 11) is 1.83. The highest BCUT2D eigenvalue weighted by Crippen LogP contribution is 2.23. The van der Waals surface area contributed by atoms with Gasteiger partial charge >= 0.3 is 30.3 Å². The van der Waals surface area contributed by atoms with Crippen LogP contribution in [0.4, 0.5) is 37.1 Å². The van der Waals surface area contributed by atoms with Gasteiger partial charge in [0.05, 0.1) is 0 Å². The summed E-state index contributed by atoms with van der Waals surface area (Å²) in [6.45, 7) is 5.55. The van der Waals surface area contributed by atoms with Crippen molar-refractivity contribution in [2.24, 2.45) is 7.05 Å². The Kier molecular flexibility index (Phi) is 12.1. The predicted octanol–water partition coefficient (Wildman–Crippen LogP) is 3.26. The van der Waals surface area contributed by atoms with Crippen molar-refractivity contribution >= 4 is 23.9 Å². The van der Waals surface area contributed by atoms with Crippen LogP contribution in [0.2, 0.25) is 0 Å². The molecular weight excluding hydrogens is 518 g/mol. The average molecular weight is 548 g/mol. The molecule has 1 aromatic rings. The average Bonchev–Trinajstić information content (AvgIpc) is 2.98. The van der Waals surface area contributed by atoms with Crippen molar-refractivity contribution in [1.29, 1.82) is 0 Å². The summed E-state index contributed by atoms with van der Waals surface area (Å²) in [4.78, 5) is 39.0. The smallest absolute Gasteiger partial charge is 0.475 e. The Bertz CT molecular complexity index is 858. The van der Waals surface area contributed by atoms with Crippen LogP contribution in [0.25, 0.3) is 0 Å². The molecule has 3 rings (SSSR count). The van der Waals surface area contributed by atoms with Gasteiger partial charge in [0.1, 0.15) is 5.82 Å². The lowest BCUT2D eigenvalue weighted by Crippen LogP contribution is -2.41. The molecule has 17 heteroatoms. The third-order valence-electron chi connectivity index (χ3n) is 5.59. The number of aryl methyl sites for hydroxylation is 2. The topological polar surface area (TPSA) is 141 Å². The lowest BCUT2D eigenvalue weighted by atomic mass is 9.94. The van der Waals surface area contributed by atoms with Crippen LogP contribution in [-0.4, -0.2) is 97.3 Å². The van der Waals surface area contributed by atoms with E-state index >= 15 is 0 Å². The molecule has 0 atom stereocenters. The van der Waals surface area contributed by atoms with Gasteiger partial charge in [-0.2, -0.15) is 31.3 Å². The number of nitrogens with zero attached hydrogens (tertiary/aromatic N) is 5. The quantitative estimate of drug-likeness (QED) is 0.479. The summed E-state index contributed by atoms with van der Waals surface area (Å²) < 4.78 is 65.1. The molecule has 0 spiro atoms. The van der Waals surface area contributed by atoms with E-state index in [1.54, 1.807) is 4.68 Å². The molecule has 1 aromatic heterocycles. The Hall–Kier alpha value is -3.11. The Balaban J connectivity index is 0.000000404. The lowest BCUT2D eigenvalue weighted by molar-refractivity contribution is -0.193. The molecule has 0 radical (unpaired) electrons. The molecule has 0 bridgehead atoms. The SMILES string of the molecule is Cc1nc(NC(=O)N2CCCN(C3CCCCC3)CC2)nn1C.O=C(O)C(F)(F)F.O=C(O)C(F)(F)F. The molecule has 3 N–H and O–H groups in total.